The zero-order valence-electron chi connectivity index (χ0n) is 29.8. The third-order valence-electron chi connectivity index (χ3n) is 13.4. The number of aliphatic hydroxyl groups is 1. The Hall–Kier alpha value is -2.02. The number of nitrogens with one attached hydrogen (secondary N) is 1. The van der Waals surface area contributed by atoms with Crippen molar-refractivity contribution < 1.29 is 24.5 Å². The van der Waals surface area contributed by atoms with Gasteiger partial charge in [-0.15, -0.1) is 0 Å². The van der Waals surface area contributed by atoms with Gasteiger partial charge in [0.1, 0.15) is 6.10 Å². The maximum absolute atomic E-state index is 12.8. The van der Waals surface area contributed by atoms with Gasteiger partial charge in [-0.05, 0) is 124 Å². The van der Waals surface area contributed by atoms with Crippen LogP contribution in [0.5, 0.6) is 0 Å². The quantitative estimate of drug-likeness (QED) is 0.199. The van der Waals surface area contributed by atoms with Crippen molar-refractivity contribution >= 4 is 12.2 Å². The normalized spacial score (nSPS) is 35.1. The van der Waals surface area contributed by atoms with Crippen molar-refractivity contribution in [2.75, 3.05) is 13.7 Å². The number of allylic oxidation sites excluding steroid dienone is 3. The van der Waals surface area contributed by atoms with Crippen molar-refractivity contribution in [3.8, 4) is 0 Å². The number of aliphatic hydroxyl groups excluding tert-OH is 1. The number of ether oxygens (including phenoxy) is 1. The summed E-state index contributed by atoms with van der Waals surface area (Å²) in [7, 11) is 1.47. The average molecular weight is 629 g/mol. The summed E-state index contributed by atoms with van der Waals surface area (Å²) in [5.74, 6) is 4.86. The molecule has 2 amide bonds. The number of carboxylic acid groups (broad SMARTS) is 1. The Morgan fingerprint density at radius 2 is 1.82 bits per heavy atom. The standard InChI is InChI=1S/C38H64N2O5/c1-10-26(24(2)3)12-11-25(4)31-15-16-32-30-14-13-27-21-28(17-19-37(27,7)33(30)18-20-38(31,32)8)40(35(43)44)36(5,6)22-29(23-41)45-34(42)39-9/h11-13,24-26,28-33,41H,10,14-23H2,1-9H3,(H,39,42)(H,43,44)/b12-11+/t25-,26-,28+,29?,30+,31-,32+,33+,37+,38-/m1/s1. The SMILES string of the molecule is CC[C@H](/C=C/[C@@H](C)[C@H]1CC[C@H]2[C@@H]3CC=C4C[C@@H](N(C(=O)O)C(C)(C)CC(CO)OC(=O)NC)CC[C@]4(C)[C@H]3CC[C@]12C)C(C)C. The molecule has 0 spiro atoms. The molecule has 7 nitrogen and oxygen atoms in total. The van der Waals surface area contributed by atoms with E-state index in [-0.39, 0.29) is 24.5 Å². The van der Waals surface area contributed by atoms with Crippen LogP contribution in [-0.4, -0.2) is 58.6 Å². The van der Waals surface area contributed by atoms with E-state index in [0.29, 0.717) is 35.0 Å². The molecule has 45 heavy (non-hydrogen) atoms. The summed E-state index contributed by atoms with van der Waals surface area (Å²) >= 11 is 0. The van der Waals surface area contributed by atoms with Crippen LogP contribution in [0.15, 0.2) is 23.8 Å². The number of carbonyl (C=O) groups excluding carboxylic acids is 1. The first-order chi connectivity index (χ1) is 21.1. The van der Waals surface area contributed by atoms with Gasteiger partial charge in [0.25, 0.3) is 0 Å². The zero-order chi connectivity index (χ0) is 33.3. The Balaban J connectivity index is 1.50. The highest BCUT2D eigenvalue weighted by atomic mass is 16.6. The minimum atomic E-state index is -0.952. The third-order valence-corrected chi connectivity index (χ3v) is 13.4. The Bertz CT molecular complexity index is 1120. The lowest BCUT2D eigenvalue weighted by molar-refractivity contribution is -0.0561. The first kappa shape index (κ1) is 35.8. The van der Waals surface area contributed by atoms with Gasteiger partial charge in [0.2, 0.25) is 0 Å². The van der Waals surface area contributed by atoms with Crippen LogP contribution < -0.4 is 5.32 Å². The van der Waals surface area contributed by atoms with Gasteiger partial charge in [-0.2, -0.15) is 0 Å². The molecular formula is C38H64N2O5. The van der Waals surface area contributed by atoms with Crippen molar-refractivity contribution in [1.29, 1.82) is 0 Å². The van der Waals surface area contributed by atoms with Crippen LogP contribution >= 0.6 is 0 Å². The Labute approximate surface area is 273 Å². The maximum Gasteiger partial charge on any atom is 0.408 e. The van der Waals surface area contributed by atoms with Gasteiger partial charge in [-0.3, -0.25) is 4.90 Å². The van der Waals surface area contributed by atoms with E-state index in [9.17, 15) is 19.8 Å². The number of fused-ring (bicyclic) bond motifs is 5. The number of hydrogen-bond donors (Lipinski definition) is 3. The molecule has 3 saturated carbocycles. The molecule has 10 atom stereocenters. The first-order valence-electron chi connectivity index (χ1n) is 18.0. The summed E-state index contributed by atoms with van der Waals surface area (Å²) < 4.78 is 5.33. The van der Waals surface area contributed by atoms with Crippen LogP contribution in [0.4, 0.5) is 9.59 Å². The Morgan fingerprint density at radius 1 is 1.11 bits per heavy atom. The van der Waals surface area contributed by atoms with Gasteiger partial charge in [0, 0.05) is 25.0 Å². The molecule has 4 aliphatic carbocycles. The van der Waals surface area contributed by atoms with Crippen molar-refractivity contribution in [3.63, 3.8) is 0 Å². The fraction of sp³-hybridized carbons (Fsp3) is 0.842. The molecule has 4 aliphatic rings. The summed E-state index contributed by atoms with van der Waals surface area (Å²) in [6.45, 7) is 18.0. The third kappa shape index (κ3) is 6.99. The number of hydrogen-bond acceptors (Lipinski definition) is 4. The minimum Gasteiger partial charge on any atom is -0.465 e. The van der Waals surface area contributed by atoms with E-state index in [1.807, 2.05) is 13.8 Å². The van der Waals surface area contributed by atoms with Gasteiger partial charge in [-0.25, -0.2) is 9.59 Å². The Kier molecular flexibility index (Phi) is 11.1. The highest BCUT2D eigenvalue weighted by Crippen LogP contribution is 2.67. The van der Waals surface area contributed by atoms with Gasteiger partial charge < -0.3 is 20.3 Å². The second-order valence-corrected chi connectivity index (χ2v) is 16.6. The first-order valence-corrected chi connectivity index (χ1v) is 18.0. The monoisotopic (exact) mass is 628 g/mol. The molecule has 0 aromatic heterocycles. The van der Waals surface area contributed by atoms with E-state index in [4.69, 9.17) is 4.74 Å². The molecule has 0 bridgehead atoms. The highest BCUT2D eigenvalue weighted by Gasteiger charge is 2.59. The topological polar surface area (TPSA) is 99.1 Å². The van der Waals surface area contributed by atoms with Gasteiger partial charge in [-0.1, -0.05) is 65.3 Å². The van der Waals surface area contributed by atoms with Crippen LogP contribution in [0.1, 0.15) is 120 Å². The van der Waals surface area contributed by atoms with E-state index in [2.05, 4.69) is 65.1 Å². The van der Waals surface area contributed by atoms with E-state index < -0.39 is 23.8 Å². The molecular weight excluding hydrogens is 564 g/mol. The molecule has 4 rings (SSSR count). The van der Waals surface area contributed by atoms with Gasteiger partial charge in [0.15, 0.2) is 0 Å². The summed E-state index contributed by atoms with van der Waals surface area (Å²) in [5.41, 5.74) is 1.16. The second kappa shape index (κ2) is 14.0. The zero-order valence-corrected chi connectivity index (χ0v) is 29.8. The van der Waals surface area contributed by atoms with Gasteiger partial charge >= 0.3 is 12.2 Å². The largest absolute Gasteiger partial charge is 0.465 e. The smallest absolute Gasteiger partial charge is 0.408 e. The Morgan fingerprint density at radius 3 is 2.42 bits per heavy atom. The molecule has 0 radical (unpaired) electrons. The molecule has 0 aromatic carbocycles. The number of alkyl carbamates (subject to hydrolysis) is 1. The van der Waals surface area contributed by atoms with Crippen LogP contribution in [-0.2, 0) is 4.74 Å². The van der Waals surface area contributed by atoms with Crippen molar-refractivity contribution in [1.82, 2.24) is 10.2 Å². The van der Waals surface area contributed by atoms with Gasteiger partial charge in [0.05, 0.1) is 6.61 Å². The molecule has 256 valence electrons. The van der Waals surface area contributed by atoms with Crippen LogP contribution in [0.2, 0.25) is 0 Å². The van der Waals surface area contributed by atoms with Crippen molar-refractivity contribution in [2.45, 2.75) is 137 Å². The molecule has 0 aromatic rings. The molecule has 3 N–H and O–H groups in total. The van der Waals surface area contributed by atoms with Crippen molar-refractivity contribution in [3.05, 3.63) is 23.8 Å². The summed E-state index contributed by atoms with van der Waals surface area (Å²) in [5, 5.41) is 22.8. The van der Waals surface area contributed by atoms with E-state index in [1.165, 1.54) is 44.7 Å². The molecule has 3 fully saturated rings. The van der Waals surface area contributed by atoms with Crippen LogP contribution in [0.25, 0.3) is 0 Å². The minimum absolute atomic E-state index is 0.125. The molecule has 1 unspecified atom stereocenters. The lowest BCUT2D eigenvalue weighted by atomic mass is 9.47. The van der Waals surface area contributed by atoms with E-state index in [0.717, 1.165) is 37.5 Å². The summed E-state index contributed by atoms with van der Waals surface area (Å²) in [4.78, 5) is 26.2. The van der Waals surface area contributed by atoms with E-state index >= 15 is 0 Å². The summed E-state index contributed by atoms with van der Waals surface area (Å²) in [6.07, 6.45) is 15.6. The maximum atomic E-state index is 12.8. The predicted molar refractivity (Wildman–Crippen MR) is 181 cm³/mol. The molecule has 7 heteroatoms. The van der Waals surface area contributed by atoms with Crippen molar-refractivity contribution in [2.24, 2.45) is 52.3 Å². The number of carbonyl (C=O) groups is 2. The lowest BCUT2D eigenvalue weighted by Gasteiger charge is -2.59. The summed E-state index contributed by atoms with van der Waals surface area (Å²) in [6, 6.07) is -0.136. The lowest BCUT2D eigenvalue weighted by Crippen LogP contribution is -2.58. The fourth-order valence-corrected chi connectivity index (χ4v) is 11.0. The fourth-order valence-electron chi connectivity index (χ4n) is 11.0. The highest BCUT2D eigenvalue weighted by molar-refractivity contribution is 5.67. The predicted octanol–water partition coefficient (Wildman–Crippen LogP) is 8.67. The molecule has 0 heterocycles. The number of amides is 2. The molecule has 0 aliphatic heterocycles. The molecule has 0 saturated heterocycles. The number of nitrogens with zero attached hydrogens (tertiary/aromatic N) is 1. The number of rotatable bonds is 11. The van der Waals surface area contributed by atoms with E-state index in [1.54, 1.807) is 4.90 Å². The van der Waals surface area contributed by atoms with Crippen LogP contribution in [0, 0.1) is 52.3 Å². The van der Waals surface area contributed by atoms with Crippen LogP contribution in [0.3, 0.4) is 0 Å². The average Bonchev–Trinajstić information content (AvgIpc) is 3.33. The second-order valence-electron chi connectivity index (χ2n) is 16.6.